The molecule has 3 rings (SSSR count). The number of rotatable bonds is 4. The predicted octanol–water partition coefficient (Wildman–Crippen LogP) is 4.41. The van der Waals surface area contributed by atoms with E-state index in [-0.39, 0.29) is 11.7 Å². The molecule has 3 aromatic rings. The Morgan fingerprint density at radius 1 is 1.27 bits per heavy atom. The Bertz CT molecular complexity index is 793. The van der Waals surface area contributed by atoms with Crippen molar-refractivity contribution in [3.63, 3.8) is 0 Å². The minimum atomic E-state index is -0.0246. The summed E-state index contributed by atoms with van der Waals surface area (Å²) in [5.41, 5.74) is 2.21. The first-order valence-electron chi connectivity index (χ1n) is 7.16. The molecule has 0 unspecified atom stereocenters. The second kappa shape index (κ2) is 6.15. The van der Waals surface area contributed by atoms with Crippen molar-refractivity contribution < 1.29 is 9.90 Å². The smallest absolute Gasteiger partial charge is 0.224 e. The molecule has 1 heterocycles. The van der Waals surface area contributed by atoms with Crippen molar-refractivity contribution in [2.45, 2.75) is 19.8 Å². The number of aromatic nitrogens is 1. The van der Waals surface area contributed by atoms with Crippen molar-refractivity contribution in [3.05, 3.63) is 42.5 Å². The van der Waals surface area contributed by atoms with Crippen LogP contribution in [0.15, 0.2) is 42.5 Å². The number of hydrogen-bond donors (Lipinski definition) is 2. The summed E-state index contributed by atoms with van der Waals surface area (Å²) in [4.78, 5) is 16.2. The predicted molar refractivity (Wildman–Crippen MR) is 90.3 cm³/mol. The molecule has 0 aliphatic heterocycles. The van der Waals surface area contributed by atoms with Gasteiger partial charge < -0.3 is 10.4 Å². The van der Waals surface area contributed by atoms with E-state index in [1.54, 1.807) is 18.2 Å². The molecule has 1 aromatic heterocycles. The second-order valence-electron chi connectivity index (χ2n) is 5.02. The minimum absolute atomic E-state index is 0.0246. The van der Waals surface area contributed by atoms with Gasteiger partial charge in [-0.25, -0.2) is 4.98 Å². The first kappa shape index (κ1) is 14.5. The zero-order valence-corrected chi connectivity index (χ0v) is 13.0. The Labute approximate surface area is 132 Å². The Balaban J connectivity index is 1.97. The van der Waals surface area contributed by atoms with Crippen LogP contribution in [0.2, 0.25) is 0 Å². The van der Waals surface area contributed by atoms with Crippen LogP contribution >= 0.6 is 11.3 Å². The number of amides is 1. The Hall–Kier alpha value is -2.40. The summed E-state index contributed by atoms with van der Waals surface area (Å²) in [7, 11) is 0. The first-order valence-corrected chi connectivity index (χ1v) is 7.98. The van der Waals surface area contributed by atoms with Gasteiger partial charge in [0, 0.05) is 12.1 Å². The second-order valence-corrected chi connectivity index (χ2v) is 6.05. The summed E-state index contributed by atoms with van der Waals surface area (Å²) in [5, 5.41) is 13.7. The third kappa shape index (κ3) is 2.94. The fourth-order valence-corrected chi connectivity index (χ4v) is 3.21. The van der Waals surface area contributed by atoms with Crippen LogP contribution in [-0.4, -0.2) is 16.0 Å². The van der Waals surface area contributed by atoms with Crippen LogP contribution in [0.5, 0.6) is 5.75 Å². The van der Waals surface area contributed by atoms with E-state index < -0.39 is 0 Å². The van der Waals surface area contributed by atoms with Gasteiger partial charge in [0.05, 0.1) is 15.8 Å². The molecular formula is C17H16N2O2S. The third-order valence-electron chi connectivity index (χ3n) is 3.28. The van der Waals surface area contributed by atoms with Crippen LogP contribution < -0.4 is 5.32 Å². The highest BCUT2D eigenvalue weighted by molar-refractivity contribution is 7.21. The van der Waals surface area contributed by atoms with Crippen molar-refractivity contribution in [2.24, 2.45) is 0 Å². The van der Waals surface area contributed by atoms with Crippen LogP contribution in [0.25, 0.3) is 20.8 Å². The molecule has 0 saturated heterocycles. The van der Waals surface area contributed by atoms with Gasteiger partial charge in [-0.2, -0.15) is 0 Å². The lowest BCUT2D eigenvalue weighted by Gasteiger charge is -2.07. The molecule has 2 N–H and O–H groups in total. The van der Waals surface area contributed by atoms with Gasteiger partial charge in [-0.15, -0.1) is 11.3 Å². The van der Waals surface area contributed by atoms with Crippen LogP contribution in [0.3, 0.4) is 0 Å². The largest absolute Gasteiger partial charge is 0.507 e. The molecule has 0 radical (unpaired) electrons. The molecule has 0 bridgehead atoms. The molecule has 22 heavy (non-hydrogen) atoms. The summed E-state index contributed by atoms with van der Waals surface area (Å²) in [6, 6.07) is 12.9. The zero-order chi connectivity index (χ0) is 15.5. The standard InChI is InChI=1S/C17H16N2O2S/c1-2-5-16(21)18-11-8-9-14(20)12(10-11)17-19-13-6-3-4-7-15(13)22-17/h3-4,6-10,20H,2,5H2,1H3,(H,18,21). The molecule has 4 nitrogen and oxygen atoms in total. The van der Waals surface area contributed by atoms with E-state index in [0.29, 0.717) is 17.7 Å². The van der Waals surface area contributed by atoms with Gasteiger partial charge >= 0.3 is 0 Å². The fourth-order valence-electron chi connectivity index (χ4n) is 2.22. The van der Waals surface area contributed by atoms with Gasteiger partial charge in [-0.3, -0.25) is 4.79 Å². The van der Waals surface area contributed by atoms with Gasteiger partial charge in [0.1, 0.15) is 10.8 Å². The minimum Gasteiger partial charge on any atom is -0.507 e. The number of phenols is 1. The number of anilines is 1. The number of para-hydroxylation sites is 1. The summed E-state index contributed by atoms with van der Waals surface area (Å²) in [6.07, 6.45) is 1.28. The fraction of sp³-hybridized carbons (Fsp3) is 0.176. The number of carbonyl (C=O) groups excluding carboxylic acids is 1. The van der Waals surface area contributed by atoms with E-state index in [4.69, 9.17) is 0 Å². The number of carbonyl (C=O) groups is 1. The van der Waals surface area contributed by atoms with Gasteiger partial charge in [0.2, 0.25) is 5.91 Å². The Morgan fingerprint density at radius 3 is 2.86 bits per heavy atom. The van der Waals surface area contributed by atoms with Gasteiger partial charge in [0.15, 0.2) is 0 Å². The highest BCUT2D eigenvalue weighted by atomic mass is 32.1. The first-order chi connectivity index (χ1) is 10.7. The van der Waals surface area contributed by atoms with Crippen LogP contribution in [0.4, 0.5) is 5.69 Å². The number of fused-ring (bicyclic) bond motifs is 1. The zero-order valence-electron chi connectivity index (χ0n) is 12.2. The molecule has 5 heteroatoms. The maximum Gasteiger partial charge on any atom is 0.224 e. The van der Waals surface area contributed by atoms with E-state index >= 15 is 0 Å². The van der Waals surface area contributed by atoms with Crippen molar-refractivity contribution >= 4 is 33.1 Å². The van der Waals surface area contributed by atoms with E-state index in [2.05, 4.69) is 10.3 Å². The maximum absolute atomic E-state index is 11.7. The van der Waals surface area contributed by atoms with Crippen molar-refractivity contribution in [2.75, 3.05) is 5.32 Å². The van der Waals surface area contributed by atoms with E-state index in [0.717, 1.165) is 21.6 Å². The molecule has 112 valence electrons. The van der Waals surface area contributed by atoms with E-state index in [1.165, 1.54) is 11.3 Å². The van der Waals surface area contributed by atoms with Gasteiger partial charge in [-0.05, 0) is 36.8 Å². The number of thiazole rings is 1. The molecule has 0 aliphatic carbocycles. The molecule has 0 atom stereocenters. The summed E-state index contributed by atoms with van der Waals surface area (Å²) >= 11 is 1.52. The van der Waals surface area contributed by atoms with Gasteiger partial charge in [-0.1, -0.05) is 19.1 Å². The summed E-state index contributed by atoms with van der Waals surface area (Å²) in [6.45, 7) is 1.96. The molecular weight excluding hydrogens is 296 g/mol. The van der Waals surface area contributed by atoms with Crippen molar-refractivity contribution in [1.29, 1.82) is 0 Å². The molecule has 2 aromatic carbocycles. The number of nitrogens with zero attached hydrogens (tertiary/aromatic N) is 1. The average molecular weight is 312 g/mol. The monoisotopic (exact) mass is 312 g/mol. The number of aromatic hydroxyl groups is 1. The summed E-state index contributed by atoms with van der Waals surface area (Å²) < 4.78 is 1.07. The van der Waals surface area contributed by atoms with Crippen LogP contribution in [0, 0.1) is 0 Å². The highest BCUT2D eigenvalue weighted by Crippen LogP contribution is 2.36. The van der Waals surface area contributed by atoms with Crippen LogP contribution in [-0.2, 0) is 4.79 Å². The Morgan fingerprint density at radius 2 is 2.09 bits per heavy atom. The lowest BCUT2D eigenvalue weighted by Crippen LogP contribution is -2.10. The molecule has 1 amide bonds. The average Bonchev–Trinajstić information content (AvgIpc) is 2.93. The Kier molecular flexibility index (Phi) is 4.06. The van der Waals surface area contributed by atoms with Gasteiger partial charge in [0.25, 0.3) is 0 Å². The number of hydrogen-bond acceptors (Lipinski definition) is 4. The number of nitrogens with one attached hydrogen (secondary N) is 1. The topological polar surface area (TPSA) is 62.2 Å². The molecule has 0 saturated carbocycles. The number of benzene rings is 2. The van der Waals surface area contributed by atoms with E-state index in [9.17, 15) is 9.90 Å². The normalized spacial score (nSPS) is 10.8. The lowest BCUT2D eigenvalue weighted by molar-refractivity contribution is -0.116. The highest BCUT2D eigenvalue weighted by Gasteiger charge is 2.12. The molecule has 0 spiro atoms. The quantitative estimate of drug-likeness (QED) is 0.702. The third-order valence-corrected chi connectivity index (χ3v) is 4.35. The molecule has 0 aliphatic rings. The van der Waals surface area contributed by atoms with Crippen molar-refractivity contribution in [3.8, 4) is 16.3 Å². The molecule has 0 fully saturated rings. The van der Waals surface area contributed by atoms with Crippen LogP contribution in [0.1, 0.15) is 19.8 Å². The lowest BCUT2D eigenvalue weighted by atomic mass is 10.1. The SMILES string of the molecule is CCCC(=O)Nc1ccc(O)c(-c2nc3ccccc3s2)c1. The number of phenolic OH excluding ortho intramolecular Hbond substituents is 1. The maximum atomic E-state index is 11.7. The van der Waals surface area contributed by atoms with Crippen molar-refractivity contribution in [1.82, 2.24) is 4.98 Å². The van der Waals surface area contributed by atoms with E-state index in [1.807, 2.05) is 31.2 Å². The summed E-state index contributed by atoms with van der Waals surface area (Å²) in [5.74, 6) is 0.135.